The van der Waals surface area contributed by atoms with Crippen molar-refractivity contribution in [1.29, 1.82) is 0 Å². The summed E-state index contributed by atoms with van der Waals surface area (Å²) in [6.07, 6.45) is 4.22. The maximum atomic E-state index is 5.53. The Kier molecular flexibility index (Phi) is 4.49. The molecule has 1 aliphatic rings. The highest BCUT2D eigenvalue weighted by atomic mass is 32.1. The number of pyridine rings is 1. The number of hydrogen-bond acceptors (Lipinski definition) is 4. The van der Waals surface area contributed by atoms with Crippen LogP contribution in [0.2, 0.25) is 0 Å². The number of ether oxygens (including phenoxy) is 1. The Balaban J connectivity index is 1.95. The van der Waals surface area contributed by atoms with Crippen molar-refractivity contribution in [1.82, 2.24) is 4.98 Å². The van der Waals surface area contributed by atoms with Gasteiger partial charge in [-0.3, -0.25) is 4.98 Å². The van der Waals surface area contributed by atoms with E-state index in [0.29, 0.717) is 16.6 Å². The first-order valence-electron chi connectivity index (χ1n) is 6.21. The molecule has 2 N–H and O–H groups in total. The van der Waals surface area contributed by atoms with E-state index in [9.17, 15) is 0 Å². The minimum Gasteiger partial charge on any atom is -0.388 e. The first kappa shape index (κ1) is 13.2. The minimum absolute atomic E-state index is 0.338. The van der Waals surface area contributed by atoms with Gasteiger partial charge in [-0.1, -0.05) is 12.2 Å². The van der Waals surface area contributed by atoms with Gasteiger partial charge in [-0.2, -0.15) is 0 Å². The van der Waals surface area contributed by atoms with Crippen molar-refractivity contribution < 1.29 is 4.74 Å². The Morgan fingerprint density at radius 1 is 1.61 bits per heavy atom. The van der Waals surface area contributed by atoms with Crippen molar-refractivity contribution in [2.45, 2.75) is 12.8 Å². The fourth-order valence-electron chi connectivity index (χ4n) is 2.20. The van der Waals surface area contributed by atoms with Crippen molar-refractivity contribution in [2.24, 2.45) is 11.7 Å². The third kappa shape index (κ3) is 3.40. The van der Waals surface area contributed by atoms with Crippen molar-refractivity contribution >= 4 is 22.9 Å². The maximum absolute atomic E-state index is 5.53. The molecular formula is C13H19N3OS. The molecule has 2 rings (SSSR count). The van der Waals surface area contributed by atoms with Gasteiger partial charge in [0.2, 0.25) is 0 Å². The van der Waals surface area contributed by atoms with Crippen molar-refractivity contribution in [3.8, 4) is 0 Å². The normalized spacial score (nSPS) is 19.5. The van der Waals surface area contributed by atoms with E-state index in [1.807, 2.05) is 18.3 Å². The molecule has 0 bridgehead atoms. The average Bonchev–Trinajstić information content (AvgIpc) is 2.40. The number of anilines is 1. The summed E-state index contributed by atoms with van der Waals surface area (Å²) in [6.45, 7) is 2.77. The molecule has 1 fully saturated rings. The molecule has 0 spiro atoms. The molecule has 98 valence electrons. The lowest BCUT2D eigenvalue weighted by atomic mass is 10.0. The molecule has 0 aromatic carbocycles. The van der Waals surface area contributed by atoms with E-state index in [-0.39, 0.29) is 0 Å². The van der Waals surface area contributed by atoms with Crippen molar-refractivity contribution in [3.05, 3.63) is 24.0 Å². The largest absolute Gasteiger partial charge is 0.388 e. The van der Waals surface area contributed by atoms with Gasteiger partial charge in [0.05, 0.1) is 24.2 Å². The first-order valence-corrected chi connectivity index (χ1v) is 6.62. The van der Waals surface area contributed by atoms with Crippen LogP contribution in [0.4, 0.5) is 5.69 Å². The Bertz CT molecular complexity index is 401. The second kappa shape index (κ2) is 6.11. The second-order valence-corrected chi connectivity index (χ2v) is 5.17. The smallest absolute Gasteiger partial charge is 0.122 e. The molecule has 5 heteroatoms. The van der Waals surface area contributed by atoms with E-state index >= 15 is 0 Å². The summed E-state index contributed by atoms with van der Waals surface area (Å²) in [5.41, 5.74) is 7.28. The third-order valence-electron chi connectivity index (χ3n) is 3.23. The van der Waals surface area contributed by atoms with E-state index in [1.165, 1.54) is 6.42 Å². The monoisotopic (exact) mass is 265 g/mol. The number of thiocarbonyl (C=S) groups is 1. The molecule has 18 heavy (non-hydrogen) atoms. The van der Waals surface area contributed by atoms with E-state index in [4.69, 9.17) is 22.7 Å². The van der Waals surface area contributed by atoms with E-state index in [1.54, 1.807) is 0 Å². The van der Waals surface area contributed by atoms with Crippen LogP contribution >= 0.6 is 12.2 Å². The van der Waals surface area contributed by atoms with Crippen LogP contribution < -0.4 is 10.6 Å². The quantitative estimate of drug-likeness (QED) is 0.838. The zero-order chi connectivity index (χ0) is 13.0. The van der Waals surface area contributed by atoms with Gasteiger partial charge in [0, 0.05) is 20.2 Å². The fourth-order valence-corrected chi connectivity index (χ4v) is 2.32. The number of aromatic nitrogens is 1. The fraction of sp³-hybridized carbons (Fsp3) is 0.538. The molecule has 0 saturated carbocycles. The van der Waals surface area contributed by atoms with E-state index < -0.39 is 0 Å². The molecule has 2 heterocycles. The molecule has 0 amide bonds. The highest BCUT2D eigenvalue weighted by Gasteiger charge is 2.16. The molecule has 1 aromatic heterocycles. The summed E-state index contributed by atoms with van der Waals surface area (Å²) in [5, 5.41) is 0. The Hall–Kier alpha value is -1.20. The van der Waals surface area contributed by atoms with Gasteiger partial charge < -0.3 is 15.4 Å². The summed E-state index contributed by atoms with van der Waals surface area (Å²) in [5.74, 6) is 0.610. The Morgan fingerprint density at radius 3 is 3.00 bits per heavy atom. The van der Waals surface area contributed by atoms with Crippen LogP contribution in [0.25, 0.3) is 0 Å². The van der Waals surface area contributed by atoms with E-state index in [2.05, 4.69) is 16.9 Å². The molecule has 1 saturated heterocycles. The summed E-state index contributed by atoms with van der Waals surface area (Å²) in [6, 6.07) is 3.87. The minimum atomic E-state index is 0.338. The van der Waals surface area contributed by atoms with Crippen LogP contribution in [-0.2, 0) is 4.74 Å². The molecular weight excluding hydrogens is 246 g/mol. The number of hydrogen-bond donors (Lipinski definition) is 1. The van der Waals surface area contributed by atoms with Crippen LogP contribution in [-0.4, -0.2) is 36.8 Å². The Labute approximate surface area is 113 Å². The van der Waals surface area contributed by atoms with Crippen LogP contribution in [0, 0.1) is 5.92 Å². The number of nitrogens with two attached hydrogens (primary N) is 1. The molecule has 1 aliphatic heterocycles. The van der Waals surface area contributed by atoms with Gasteiger partial charge in [0.15, 0.2) is 0 Å². The highest BCUT2D eigenvalue weighted by molar-refractivity contribution is 7.80. The summed E-state index contributed by atoms with van der Waals surface area (Å²) in [4.78, 5) is 6.80. The SMILES string of the molecule is CN(CC1CCCOC1)c1ccc(C(N)=S)nc1. The topological polar surface area (TPSA) is 51.4 Å². The van der Waals surface area contributed by atoms with Gasteiger partial charge in [-0.25, -0.2) is 0 Å². The number of nitrogens with zero attached hydrogens (tertiary/aromatic N) is 2. The Morgan fingerprint density at radius 2 is 2.44 bits per heavy atom. The second-order valence-electron chi connectivity index (χ2n) is 4.73. The molecule has 1 unspecified atom stereocenters. The zero-order valence-electron chi connectivity index (χ0n) is 10.6. The molecule has 0 aliphatic carbocycles. The standard InChI is InChI=1S/C13H19N3OS/c1-16(8-10-3-2-6-17-9-10)11-4-5-12(13(14)18)15-7-11/h4-5,7,10H,2-3,6,8-9H2,1H3,(H2,14,18). The third-order valence-corrected chi connectivity index (χ3v) is 3.44. The zero-order valence-corrected chi connectivity index (χ0v) is 11.4. The summed E-state index contributed by atoms with van der Waals surface area (Å²) >= 11 is 4.89. The molecule has 1 atom stereocenters. The lowest BCUT2D eigenvalue weighted by molar-refractivity contribution is 0.0576. The first-order chi connectivity index (χ1) is 8.66. The van der Waals surface area contributed by atoms with Crippen molar-refractivity contribution in [3.63, 3.8) is 0 Å². The number of rotatable bonds is 4. The van der Waals surface area contributed by atoms with Crippen LogP contribution in [0.15, 0.2) is 18.3 Å². The van der Waals surface area contributed by atoms with Crippen LogP contribution in [0.3, 0.4) is 0 Å². The van der Waals surface area contributed by atoms with Gasteiger partial charge in [-0.15, -0.1) is 0 Å². The van der Waals surface area contributed by atoms with Crippen molar-refractivity contribution in [2.75, 3.05) is 31.7 Å². The van der Waals surface area contributed by atoms with Crippen LogP contribution in [0.5, 0.6) is 0 Å². The van der Waals surface area contributed by atoms with Gasteiger partial charge in [-0.05, 0) is 30.9 Å². The van der Waals surface area contributed by atoms with Gasteiger partial charge in [0.25, 0.3) is 0 Å². The predicted octanol–water partition coefficient (Wildman–Crippen LogP) is 1.58. The highest BCUT2D eigenvalue weighted by Crippen LogP contribution is 2.18. The predicted molar refractivity (Wildman–Crippen MR) is 76.9 cm³/mol. The lowest BCUT2D eigenvalue weighted by Gasteiger charge is -2.28. The van der Waals surface area contributed by atoms with Crippen LogP contribution in [0.1, 0.15) is 18.5 Å². The summed E-state index contributed by atoms with van der Waals surface area (Å²) in [7, 11) is 2.08. The lowest BCUT2D eigenvalue weighted by Crippen LogP contribution is -2.30. The molecule has 4 nitrogen and oxygen atoms in total. The van der Waals surface area contributed by atoms with Gasteiger partial charge in [0.1, 0.15) is 4.99 Å². The average molecular weight is 265 g/mol. The maximum Gasteiger partial charge on any atom is 0.122 e. The molecule has 1 aromatic rings. The van der Waals surface area contributed by atoms with E-state index in [0.717, 1.165) is 31.9 Å². The summed E-state index contributed by atoms with van der Waals surface area (Å²) < 4.78 is 5.49. The molecule has 0 radical (unpaired) electrons. The van der Waals surface area contributed by atoms with Gasteiger partial charge >= 0.3 is 0 Å².